The lowest BCUT2D eigenvalue weighted by Gasteiger charge is -2.55. The first kappa shape index (κ1) is 98.3. The van der Waals surface area contributed by atoms with E-state index < -0.39 is 44.7 Å². The molecule has 3 amide bonds. The summed E-state index contributed by atoms with van der Waals surface area (Å²) in [5, 5.41) is 32.3. The van der Waals surface area contributed by atoms with Gasteiger partial charge in [0.15, 0.2) is 12.4 Å². The van der Waals surface area contributed by atoms with Crippen LogP contribution in [0, 0.1) is 82.2 Å². The van der Waals surface area contributed by atoms with Gasteiger partial charge in [-0.05, 0) is 167 Å². The van der Waals surface area contributed by atoms with E-state index in [9.17, 15) is 61.0 Å². The number of nitro groups is 2. The zero-order valence-electron chi connectivity index (χ0n) is 76.3. The van der Waals surface area contributed by atoms with Crippen LogP contribution in [-0.2, 0) is 49.9 Å². The molecule has 0 aliphatic carbocycles. The largest absolute Gasteiger partial charge is 0.497 e. The molecule has 21 heterocycles. The number of amides is 3. The number of aromatic nitrogens is 8. The fraction of sp³-hybridized carbons (Fsp3) is 0.316. The van der Waals surface area contributed by atoms with Crippen LogP contribution >= 0.6 is 43.5 Å². The maximum Gasteiger partial charge on any atom is 0.363 e. The van der Waals surface area contributed by atoms with Gasteiger partial charge in [-0.2, -0.15) is 0 Å². The van der Waals surface area contributed by atoms with Crippen LogP contribution in [-0.4, -0.2) is 218 Å². The number of hydrogen-bond acceptors (Lipinski definition) is 30. The maximum atomic E-state index is 14.4. The molecule has 0 unspecified atom stereocenters. The summed E-state index contributed by atoms with van der Waals surface area (Å²) in [6.07, 6.45) is 8.39. The van der Waals surface area contributed by atoms with Crippen molar-refractivity contribution in [2.24, 2.45) is 27.1 Å². The number of nitrogen functional groups attached to an aromatic ring is 2. The summed E-state index contributed by atoms with van der Waals surface area (Å²) >= 11 is 12.7. The van der Waals surface area contributed by atoms with Gasteiger partial charge >= 0.3 is 11.6 Å². The van der Waals surface area contributed by atoms with Crippen LogP contribution in [0.5, 0.6) is 11.5 Å². The molecule has 8 N–H and O–H groups in total. The Morgan fingerprint density at radius 2 is 0.859 bits per heavy atom. The van der Waals surface area contributed by atoms with Crippen LogP contribution in [0.2, 0.25) is 5.02 Å². The number of benzene rings is 4. The van der Waals surface area contributed by atoms with E-state index in [4.69, 9.17) is 56.2 Å². The lowest BCUT2D eigenvalue weighted by molar-refractivity contribution is -0.389. The number of halogens is 9. The topological polar surface area (TPSA) is 422 Å². The Balaban J connectivity index is 0.000000111. The fourth-order valence-corrected chi connectivity index (χ4v) is 19.2. The van der Waals surface area contributed by atoms with Crippen molar-refractivity contribution < 1.29 is 83.7 Å². The molecule has 0 atom stereocenters. The number of ether oxygens (including phenoxy) is 7. The fourth-order valence-electron chi connectivity index (χ4n) is 18.0. The SMILES string of the molecule is C1NCC12COC2.COc1ccc(CN2Cc3nc(-c4c(F)cccc4F)cc(Cl)c3C2=O)c(OC)c1.Nc1ccc(N2CC3(COC3)C2)cn1.Nc1ccc(N2CC3(COC3)C2)cn1.O=C1NCc2nc(-c3c(F)cccc3F)cc(Br)c21.O=C1NCc2nc(-c3c(F)cccc3F)cc(Nc3ccc(N4CC5(COC5)C4)cn3)c21.O=[N+]([O-])c1ccc(Br)cn1.O=[N+]([O-])c1ccc(N2CC3(COC3)C2)cn1. The molecule has 0 saturated carbocycles. The molecular formula is C98H92Br2ClF6N21O14. The van der Waals surface area contributed by atoms with Crippen LogP contribution in [0.3, 0.4) is 0 Å². The molecule has 5 spiro atoms. The summed E-state index contributed by atoms with van der Waals surface area (Å²) in [6, 6.07) is 38.0. The van der Waals surface area contributed by atoms with E-state index in [1.807, 2.05) is 54.9 Å². The summed E-state index contributed by atoms with van der Waals surface area (Å²) in [5.41, 5.74) is 20.6. The molecule has 44 heteroatoms. The lowest BCUT2D eigenvalue weighted by Crippen LogP contribution is -2.66. The van der Waals surface area contributed by atoms with Crippen molar-refractivity contribution in [3.05, 3.63) is 291 Å². The van der Waals surface area contributed by atoms with E-state index in [2.05, 4.69) is 113 Å². The van der Waals surface area contributed by atoms with Gasteiger partial charge in [-0.15, -0.1) is 0 Å². The quantitative estimate of drug-likeness (QED) is 0.0315. The van der Waals surface area contributed by atoms with Crippen molar-refractivity contribution in [1.82, 2.24) is 60.7 Å². The van der Waals surface area contributed by atoms with Gasteiger partial charge in [0.25, 0.3) is 17.7 Å². The monoisotopic (exact) mass is 2090 g/mol. The Bertz CT molecular complexity index is 6610. The number of anilines is 8. The molecule has 736 valence electrons. The molecule has 10 saturated heterocycles. The number of pyridine rings is 8. The van der Waals surface area contributed by atoms with E-state index in [1.165, 1.54) is 99.2 Å². The van der Waals surface area contributed by atoms with Crippen LogP contribution in [0.4, 0.5) is 83.9 Å². The Hall–Kier alpha value is -13.9. The van der Waals surface area contributed by atoms with E-state index in [-0.39, 0.29) is 99.9 Å². The van der Waals surface area contributed by atoms with Gasteiger partial charge in [0, 0.05) is 99.1 Å². The van der Waals surface area contributed by atoms with Gasteiger partial charge in [0.2, 0.25) is 0 Å². The second-order valence-corrected chi connectivity index (χ2v) is 38.8. The molecular weight excluding hydrogens is 2000 g/mol. The molecule has 0 radical (unpaired) electrons. The van der Waals surface area contributed by atoms with Gasteiger partial charge in [-0.25, -0.2) is 56.2 Å². The van der Waals surface area contributed by atoms with Crippen LogP contribution in [0.25, 0.3) is 33.8 Å². The molecule has 35 nitrogen and oxygen atoms in total. The molecule has 13 aliphatic heterocycles. The van der Waals surface area contributed by atoms with Gasteiger partial charge in [-0.3, -0.25) is 14.4 Å². The Morgan fingerprint density at radius 1 is 0.458 bits per heavy atom. The van der Waals surface area contributed by atoms with Gasteiger partial charge in [0.1, 0.15) is 63.9 Å². The number of nitrogens with zero attached hydrogens (tertiary/aromatic N) is 15. The summed E-state index contributed by atoms with van der Waals surface area (Å²) in [6.45, 7) is 20.5. The van der Waals surface area contributed by atoms with Crippen LogP contribution in [0.15, 0.2) is 192 Å². The molecule has 10 fully saturated rings. The number of carbonyl (C=O) groups excluding carboxylic acids is 3. The number of hydrogen-bond donors (Lipinski definition) is 6. The second-order valence-electron chi connectivity index (χ2n) is 36.6. The lowest BCUT2D eigenvalue weighted by atomic mass is 9.78. The number of rotatable bonds is 15. The number of methoxy groups -OCH3 is 2. The Kier molecular flexibility index (Phi) is 28.6. The Morgan fingerprint density at radius 3 is 1.23 bits per heavy atom. The van der Waals surface area contributed by atoms with Crippen molar-refractivity contribution in [3.63, 3.8) is 0 Å². The predicted molar refractivity (Wildman–Crippen MR) is 519 cm³/mol. The normalized spacial score (nSPS) is 17.9. The zero-order chi connectivity index (χ0) is 99.5. The van der Waals surface area contributed by atoms with Gasteiger partial charge in [-0.1, -0.05) is 29.8 Å². The average Bonchev–Trinajstić information content (AvgIpc) is 1.15. The molecule has 142 heavy (non-hydrogen) atoms. The zero-order valence-corrected chi connectivity index (χ0v) is 80.2. The molecule has 25 rings (SSSR count). The highest BCUT2D eigenvalue weighted by Gasteiger charge is 2.53. The maximum absolute atomic E-state index is 14.4. The highest BCUT2D eigenvalue weighted by Crippen LogP contribution is 2.46. The van der Waals surface area contributed by atoms with Crippen molar-refractivity contribution in [2.45, 2.75) is 26.2 Å². The van der Waals surface area contributed by atoms with Crippen molar-refractivity contribution >= 4 is 119 Å². The van der Waals surface area contributed by atoms with Crippen molar-refractivity contribution in [1.29, 1.82) is 0 Å². The first-order valence-corrected chi connectivity index (χ1v) is 46.8. The van der Waals surface area contributed by atoms with Crippen LogP contribution < -0.4 is 61.8 Å². The number of carbonyl (C=O) groups is 3. The minimum absolute atomic E-state index is 0.0472. The molecule has 4 aromatic carbocycles. The molecule has 12 aromatic rings. The van der Waals surface area contributed by atoms with E-state index >= 15 is 0 Å². The van der Waals surface area contributed by atoms with E-state index in [1.54, 1.807) is 48.7 Å². The highest BCUT2D eigenvalue weighted by molar-refractivity contribution is 9.10. The minimum atomic E-state index is -0.748. The number of nitrogens with two attached hydrogens (primary N) is 2. The van der Waals surface area contributed by atoms with Crippen LogP contribution in [0.1, 0.15) is 53.7 Å². The second kappa shape index (κ2) is 41.3. The first-order chi connectivity index (χ1) is 68.4. The molecule has 8 aromatic heterocycles. The van der Waals surface area contributed by atoms with E-state index in [0.717, 1.165) is 163 Å². The predicted octanol–water partition coefficient (Wildman–Crippen LogP) is 14.3. The Labute approximate surface area is 829 Å². The highest BCUT2D eigenvalue weighted by atomic mass is 79.9. The summed E-state index contributed by atoms with van der Waals surface area (Å²) in [4.78, 5) is 99.7. The third-order valence-corrected chi connectivity index (χ3v) is 27.3. The van der Waals surface area contributed by atoms with Gasteiger partial charge in [0.05, 0.1) is 252 Å². The molecule has 0 bridgehead atoms. The standard InChI is InChI=1S/C23H19F2N5O2.C22H17ClF2N2O3.C13H7BrF2N2O.C10H11N3O3.2C10H13N3O.C5H3BrN2O2.C5H9NO/c24-14-2-1-3-15(25)20(14)16-6-17(21-18(28-16)8-27-22(21)31)29-19-5-4-13(7-26-19)30-9-23(10-30)11-32-12-23;1-29-13-7-6-12(19(8-13)30-2)10-27-11-18-20(22(27)28)14(23)9-17(26-18)21-15(24)4-3-5-16(21)25;14-6-4-9(12-7(15)2-1-3-8(12)16)18-10-5-17-13(19)11(6)10;14-13(15)9-2-1-8(3-11-9)12-4-10(5-12)6-16-7-10;2*11-9-2-1-8(3-12-9)13-4-10(5-13)6-14-7-10;6-4-1-2-5(7-3-4)8(9)10;1-5(2-6-1)3-7-4-5/h1-7H,8-12H2,(H,27,31)(H,26,28,29);3-9H,10-11H2,1-2H3;1-4H,5H2,(H,17,19);1-3H,4-7H2;2*1-3H,4-7H2,(H2,11,12);1-3H;6H,1-4H2. The minimum Gasteiger partial charge on any atom is -0.497 e. The molecule has 13 aliphatic rings. The van der Waals surface area contributed by atoms with E-state index in [0.29, 0.717) is 94.4 Å². The van der Waals surface area contributed by atoms with Gasteiger partial charge < -0.3 is 111 Å². The first-order valence-electron chi connectivity index (χ1n) is 44.8. The summed E-state index contributed by atoms with van der Waals surface area (Å²) < 4.78 is 122. The number of nitrogens with one attached hydrogen (secondary N) is 4. The summed E-state index contributed by atoms with van der Waals surface area (Å²) in [7, 11) is 3.09. The summed E-state index contributed by atoms with van der Waals surface area (Å²) in [5.74, 6) is -2.49. The third kappa shape index (κ3) is 21.2. The third-order valence-electron chi connectivity index (χ3n) is 26.0. The number of fused-ring (bicyclic) bond motifs is 3. The van der Waals surface area contributed by atoms with Crippen molar-refractivity contribution in [3.8, 4) is 45.3 Å². The average molecular weight is 2100 g/mol. The smallest absolute Gasteiger partial charge is 0.363 e. The van der Waals surface area contributed by atoms with Crippen molar-refractivity contribution in [2.75, 3.05) is 182 Å².